The fourth-order valence-corrected chi connectivity index (χ4v) is 1.70. The molecular weight excluding hydrogens is 146 g/mol. The second kappa shape index (κ2) is 4.27. The van der Waals surface area contributed by atoms with Crippen LogP contribution < -0.4 is 5.32 Å². The minimum Gasteiger partial charge on any atom is -0.314 e. The van der Waals surface area contributed by atoms with Crippen LogP contribution in [0.4, 0.5) is 0 Å². The van der Waals surface area contributed by atoms with Gasteiger partial charge in [-0.3, -0.25) is 0 Å². The van der Waals surface area contributed by atoms with Crippen molar-refractivity contribution in [3.8, 4) is 0 Å². The highest BCUT2D eigenvalue weighted by molar-refractivity contribution is 4.81. The van der Waals surface area contributed by atoms with Crippen molar-refractivity contribution >= 4 is 0 Å². The van der Waals surface area contributed by atoms with Crippen molar-refractivity contribution in [1.29, 1.82) is 0 Å². The van der Waals surface area contributed by atoms with Crippen molar-refractivity contribution in [2.75, 3.05) is 6.54 Å². The first-order valence-corrected chi connectivity index (χ1v) is 5.37. The highest BCUT2D eigenvalue weighted by Crippen LogP contribution is 2.26. The topological polar surface area (TPSA) is 12.0 Å². The zero-order valence-corrected chi connectivity index (χ0v) is 8.82. The van der Waals surface area contributed by atoms with E-state index in [9.17, 15) is 0 Å². The van der Waals surface area contributed by atoms with Gasteiger partial charge in [-0.25, -0.2) is 0 Å². The zero-order valence-electron chi connectivity index (χ0n) is 8.82. The first-order valence-electron chi connectivity index (χ1n) is 5.37. The van der Waals surface area contributed by atoms with E-state index >= 15 is 0 Å². The summed E-state index contributed by atoms with van der Waals surface area (Å²) >= 11 is 0. The van der Waals surface area contributed by atoms with E-state index < -0.39 is 0 Å². The van der Waals surface area contributed by atoms with Crippen molar-refractivity contribution in [1.82, 2.24) is 5.32 Å². The largest absolute Gasteiger partial charge is 0.314 e. The quantitative estimate of drug-likeness (QED) is 0.644. The molecule has 12 heavy (non-hydrogen) atoms. The van der Waals surface area contributed by atoms with Crippen LogP contribution in [-0.2, 0) is 0 Å². The minimum atomic E-state index is 0.552. The first kappa shape index (κ1) is 10.0. The minimum absolute atomic E-state index is 0.552. The molecule has 0 unspecified atom stereocenters. The molecule has 1 N–H and O–H groups in total. The Labute approximate surface area is 76.9 Å². The van der Waals surface area contributed by atoms with Crippen LogP contribution in [0.5, 0.6) is 0 Å². The summed E-state index contributed by atoms with van der Waals surface area (Å²) in [5, 5.41) is 3.57. The third-order valence-electron chi connectivity index (χ3n) is 2.74. The zero-order chi connectivity index (χ0) is 9.03. The van der Waals surface area contributed by atoms with Gasteiger partial charge in [0.05, 0.1) is 0 Å². The summed E-state index contributed by atoms with van der Waals surface area (Å²) in [6, 6.07) is 0.877. The molecule has 1 heteroatoms. The van der Waals surface area contributed by atoms with Gasteiger partial charge in [-0.1, -0.05) is 27.2 Å². The van der Waals surface area contributed by atoms with E-state index in [2.05, 4.69) is 26.1 Å². The fraction of sp³-hybridized carbons (Fsp3) is 1.00. The predicted octanol–water partition coefficient (Wildman–Crippen LogP) is 2.95. The molecule has 0 aromatic rings. The van der Waals surface area contributed by atoms with E-state index in [1.807, 2.05) is 0 Å². The highest BCUT2D eigenvalue weighted by Gasteiger charge is 2.22. The summed E-state index contributed by atoms with van der Waals surface area (Å²) in [7, 11) is 0. The van der Waals surface area contributed by atoms with E-state index in [1.54, 1.807) is 0 Å². The van der Waals surface area contributed by atoms with Crippen LogP contribution in [0, 0.1) is 5.41 Å². The fourth-order valence-electron chi connectivity index (χ4n) is 1.70. The van der Waals surface area contributed by atoms with Crippen LogP contribution >= 0.6 is 0 Å². The van der Waals surface area contributed by atoms with Gasteiger partial charge in [0.2, 0.25) is 0 Å². The van der Waals surface area contributed by atoms with Crippen LogP contribution in [0.15, 0.2) is 0 Å². The lowest BCUT2D eigenvalue weighted by molar-refractivity contribution is 0.298. The average molecular weight is 169 g/mol. The van der Waals surface area contributed by atoms with Crippen molar-refractivity contribution < 1.29 is 0 Å². The van der Waals surface area contributed by atoms with Gasteiger partial charge >= 0.3 is 0 Å². The lowest BCUT2D eigenvalue weighted by atomic mass is 9.85. The summed E-state index contributed by atoms with van der Waals surface area (Å²) in [4.78, 5) is 0. The molecule has 0 aliphatic heterocycles. The molecule has 72 valence electrons. The molecule has 0 amide bonds. The van der Waals surface area contributed by atoms with Gasteiger partial charge in [0.15, 0.2) is 0 Å². The van der Waals surface area contributed by atoms with Gasteiger partial charge in [0.25, 0.3) is 0 Å². The van der Waals surface area contributed by atoms with Gasteiger partial charge in [0, 0.05) is 6.04 Å². The SMILES string of the molecule is CCCC(C)(C)CCNC1CC1. The summed E-state index contributed by atoms with van der Waals surface area (Å²) < 4.78 is 0. The summed E-state index contributed by atoms with van der Waals surface area (Å²) in [5.41, 5.74) is 0.552. The first-order chi connectivity index (χ1) is 5.64. The summed E-state index contributed by atoms with van der Waals surface area (Å²) in [6.07, 6.45) is 6.83. The van der Waals surface area contributed by atoms with E-state index in [-0.39, 0.29) is 0 Å². The summed E-state index contributed by atoms with van der Waals surface area (Å²) in [6.45, 7) is 8.25. The van der Waals surface area contributed by atoms with Gasteiger partial charge in [0.1, 0.15) is 0 Å². The lowest BCUT2D eigenvalue weighted by Gasteiger charge is -2.23. The third kappa shape index (κ3) is 4.10. The van der Waals surface area contributed by atoms with Gasteiger partial charge in [-0.05, 0) is 37.6 Å². The van der Waals surface area contributed by atoms with Gasteiger partial charge in [-0.15, -0.1) is 0 Å². The molecule has 0 bridgehead atoms. The molecule has 1 saturated carbocycles. The lowest BCUT2D eigenvalue weighted by Crippen LogP contribution is -2.23. The van der Waals surface area contributed by atoms with E-state index in [0.29, 0.717) is 5.41 Å². The number of hydrogen-bond donors (Lipinski definition) is 1. The number of rotatable bonds is 6. The van der Waals surface area contributed by atoms with Crippen LogP contribution in [0.1, 0.15) is 52.9 Å². The standard InChI is InChI=1S/C11H23N/c1-4-7-11(2,3)8-9-12-10-5-6-10/h10,12H,4-9H2,1-3H3. The Kier molecular flexibility index (Phi) is 3.57. The molecule has 1 fully saturated rings. The monoisotopic (exact) mass is 169 g/mol. The number of nitrogens with one attached hydrogen (secondary N) is 1. The molecule has 0 radical (unpaired) electrons. The molecule has 1 nitrogen and oxygen atoms in total. The molecule has 1 rings (SSSR count). The van der Waals surface area contributed by atoms with Crippen molar-refractivity contribution in [2.24, 2.45) is 5.41 Å². The Morgan fingerprint density at radius 2 is 1.92 bits per heavy atom. The molecule has 0 atom stereocenters. The maximum Gasteiger partial charge on any atom is 0.00682 e. The smallest absolute Gasteiger partial charge is 0.00682 e. The average Bonchev–Trinajstić information content (AvgIpc) is 2.70. The van der Waals surface area contributed by atoms with E-state index in [0.717, 1.165) is 6.04 Å². The molecule has 0 heterocycles. The van der Waals surface area contributed by atoms with Crippen LogP contribution in [0.3, 0.4) is 0 Å². The second-order valence-corrected chi connectivity index (χ2v) is 4.89. The Morgan fingerprint density at radius 1 is 1.25 bits per heavy atom. The van der Waals surface area contributed by atoms with Crippen LogP contribution in [-0.4, -0.2) is 12.6 Å². The van der Waals surface area contributed by atoms with Crippen LogP contribution in [0.2, 0.25) is 0 Å². The normalized spacial score (nSPS) is 18.2. The second-order valence-electron chi connectivity index (χ2n) is 4.89. The van der Waals surface area contributed by atoms with E-state index in [4.69, 9.17) is 0 Å². The third-order valence-corrected chi connectivity index (χ3v) is 2.74. The van der Waals surface area contributed by atoms with Crippen molar-refractivity contribution in [3.63, 3.8) is 0 Å². The Hall–Kier alpha value is -0.0400. The van der Waals surface area contributed by atoms with Crippen molar-refractivity contribution in [3.05, 3.63) is 0 Å². The Bertz CT molecular complexity index is 125. The molecule has 1 aliphatic rings. The predicted molar refractivity (Wildman–Crippen MR) is 54.3 cm³/mol. The molecule has 0 spiro atoms. The summed E-state index contributed by atoms with van der Waals surface area (Å²) in [5.74, 6) is 0. The van der Waals surface area contributed by atoms with Crippen LogP contribution in [0.25, 0.3) is 0 Å². The molecule has 0 aromatic heterocycles. The Morgan fingerprint density at radius 3 is 2.42 bits per heavy atom. The molecule has 0 saturated heterocycles. The highest BCUT2D eigenvalue weighted by atomic mass is 14.9. The Balaban J connectivity index is 2.01. The molecular formula is C11H23N. The maximum absolute atomic E-state index is 3.57. The van der Waals surface area contributed by atoms with E-state index in [1.165, 1.54) is 38.6 Å². The number of hydrogen-bond acceptors (Lipinski definition) is 1. The maximum atomic E-state index is 3.57. The molecule has 0 aromatic carbocycles. The van der Waals surface area contributed by atoms with Gasteiger partial charge < -0.3 is 5.32 Å². The van der Waals surface area contributed by atoms with Gasteiger partial charge in [-0.2, -0.15) is 0 Å². The van der Waals surface area contributed by atoms with Crippen molar-refractivity contribution in [2.45, 2.75) is 58.9 Å². The molecule has 1 aliphatic carbocycles.